The number of amides is 2. The molecule has 0 aliphatic heterocycles. The van der Waals surface area contributed by atoms with Crippen LogP contribution in [-0.2, 0) is 14.8 Å². The van der Waals surface area contributed by atoms with Gasteiger partial charge in [-0.2, -0.15) is 0 Å². The molecule has 0 atom stereocenters. The van der Waals surface area contributed by atoms with E-state index in [1.54, 1.807) is 68.7 Å². The van der Waals surface area contributed by atoms with E-state index in [1.807, 2.05) is 0 Å². The Hall–Kier alpha value is -3.47. The molecule has 3 aromatic rings. The van der Waals surface area contributed by atoms with E-state index in [0.29, 0.717) is 33.9 Å². The predicted molar refractivity (Wildman–Crippen MR) is 122 cm³/mol. The van der Waals surface area contributed by atoms with Crippen LogP contribution in [-0.4, -0.2) is 47.8 Å². The van der Waals surface area contributed by atoms with Gasteiger partial charge in [-0.05, 0) is 50.2 Å². The van der Waals surface area contributed by atoms with Gasteiger partial charge in [-0.3, -0.25) is 19.6 Å². The van der Waals surface area contributed by atoms with Crippen LogP contribution in [0.15, 0.2) is 77.5 Å². The van der Waals surface area contributed by atoms with Crippen molar-refractivity contribution in [2.24, 2.45) is 10.2 Å². The molecule has 0 bridgehead atoms. The molecule has 11 heteroatoms. The first kappa shape index (κ1) is 24.8. The number of rotatable bonds is 6. The number of carbonyl (C=O) groups excluding carboxylic acids is 2. The second-order valence-electron chi connectivity index (χ2n) is 6.11. The molecule has 0 saturated carbocycles. The monoisotopic (exact) mass is 495 g/mol. The molecular weight excluding hydrogens is 477 g/mol. The Balaban J connectivity index is 0.00000176. The topological polar surface area (TPSA) is 134 Å². The Kier molecular flexibility index (Phi) is 10.1. The zero-order valence-electron chi connectivity index (χ0n) is 17.1. The minimum atomic E-state index is -0.239. The first-order valence-corrected chi connectivity index (χ1v) is 10.5. The predicted octanol–water partition coefficient (Wildman–Crippen LogP) is 3.86. The average molecular weight is 496 g/mol. The number of nitrogens with zero attached hydrogens (tertiary/aromatic N) is 7. The maximum atomic E-state index is 10.00. The van der Waals surface area contributed by atoms with Gasteiger partial charge < -0.3 is 21.1 Å². The normalized spacial score (nSPS) is 11.1. The third-order valence-corrected chi connectivity index (χ3v) is 3.92. The average Bonchev–Trinajstić information content (AvgIpc) is 2.87. The van der Waals surface area contributed by atoms with E-state index in [-0.39, 0.29) is 11.8 Å². The van der Waals surface area contributed by atoms with E-state index >= 15 is 0 Å². The molecule has 0 fully saturated rings. The van der Waals surface area contributed by atoms with E-state index in [2.05, 4.69) is 61.0 Å². The van der Waals surface area contributed by atoms with E-state index in [1.165, 1.54) is 12.4 Å². The van der Waals surface area contributed by atoms with Crippen LogP contribution < -0.4 is 0 Å². The van der Waals surface area contributed by atoms with E-state index in [9.17, 15) is 9.59 Å². The number of hydrogen-bond donors (Lipinski definition) is 0. The van der Waals surface area contributed by atoms with Crippen LogP contribution in [0.25, 0.3) is 10.9 Å². The number of aromatic nitrogens is 3. The van der Waals surface area contributed by atoms with Crippen LogP contribution in [0.4, 0.5) is 0 Å². The van der Waals surface area contributed by atoms with Crippen molar-refractivity contribution in [1.29, 1.82) is 0 Å². The molecule has 0 spiro atoms. The molecule has 0 aliphatic carbocycles. The molecule has 0 unspecified atom stereocenters. The molecule has 0 aromatic carbocycles. The van der Waals surface area contributed by atoms with Crippen LogP contribution in [0.5, 0.6) is 0 Å². The van der Waals surface area contributed by atoms with Gasteiger partial charge in [0, 0.05) is 36.2 Å². The molecule has 9 nitrogen and oxygen atoms in total. The van der Waals surface area contributed by atoms with Gasteiger partial charge in [-0.15, -0.1) is 0 Å². The van der Waals surface area contributed by atoms with Gasteiger partial charge in [-0.1, -0.05) is 6.07 Å². The van der Waals surface area contributed by atoms with E-state index < -0.39 is 0 Å². The standard InChI is InChI=1S/C21H19N7O2.ClH.Co/c1-14(25-27-20(29)16-6-4-10-22-12-16)18-8-3-9-19(24-18)15(2)26-28-21(30)17-7-5-11-23-13-17;;/h3-13H,1-2H3,(H2,24,27,28,29,30);1H;/q;;+2/p-1. The summed E-state index contributed by atoms with van der Waals surface area (Å²) in [6.45, 7) is 3.45. The maximum absolute atomic E-state index is 10.00. The molecule has 3 aromatic heterocycles. The van der Waals surface area contributed by atoms with Gasteiger partial charge in [-0.25, -0.2) is 4.98 Å². The first-order chi connectivity index (χ1) is 15.5. The summed E-state index contributed by atoms with van der Waals surface area (Å²) in [6, 6.07) is 12.1. The quantitative estimate of drug-likeness (QED) is 0.292. The molecule has 3 heterocycles. The van der Waals surface area contributed by atoms with Crippen molar-refractivity contribution in [2.75, 3.05) is 0 Å². The van der Waals surface area contributed by atoms with Gasteiger partial charge >= 0.3 is 25.0 Å². The van der Waals surface area contributed by atoms with Crippen LogP contribution in [0.3, 0.4) is 0 Å². The minimum absolute atomic E-state index is 0.239. The Bertz CT molecular complexity index is 1020. The molecule has 165 valence electrons. The first-order valence-electron chi connectivity index (χ1n) is 9.08. The van der Waals surface area contributed by atoms with Gasteiger partial charge in [0.15, 0.2) is 0 Å². The fourth-order valence-corrected chi connectivity index (χ4v) is 2.29. The summed E-state index contributed by atoms with van der Waals surface area (Å²) < 4.78 is 0. The van der Waals surface area contributed by atoms with Crippen molar-refractivity contribution in [3.8, 4) is 0 Å². The summed E-state index contributed by atoms with van der Waals surface area (Å²) in [6.07, 6.45) is 6.18. The zero-order valence-corrected chi connectivity index (χ0v) is 18.9. The summed E-state index contributed by atoms with van der Waals surface area (Å²) >= 11 is 3.03. The molecule has 2 N–H and O–H groups in total. The second kappa shape index (κ2) is 13.0. The van der Waals surface area contributed by atoms with Crippen molar-refractivity contribution in [3.05, 3.63) is 101 Å². The number of halogens is 1. The van der Waals surface area contributed by atoms with E-state index in [0.717, 1.165) is 0 Å². The summed E-state index contributed by atoms with van der Waals surface area (Å²) in [7, 11) is 4.33. The third kappa shape index (κ3) is 7.34. The van der Waals surface area contributed by atoms with Gasteiger partial charge in [0.05, 0.1) is 22.5 Å². The van der Waals surface area contributed by atoms with Crippen molar-refractivity contribution in [3.63, 3.8) is 0 Å². The summed E-state index contributed by atoms with van der Waals surface area (Å²) in [5.74, 6) is -0.479. The van der Waals surface area contributed by atoms with Crippen LogP contribution in [0.2, 0.25) is 0 Å². The van der Waals surface area contributed by atoms with Crippen LogP contribution in [0, 0.1) is 0 Å². The fraction of sp³-hybridized carbons (Fsp3) is 0.0952. The van der Waals surface area contributed by atoms with Crippen LogP contribution in [0.1, 0.15) is 36.4 Å². The Morgan fingerprint density at radius 3 is 1.59 bits per heavy atom. The Morgan fingerprint density at radius 2 is 1.22 bits per heavy atom. The second-order valence-corrected chi connectivity index (χ2v) is 6.11. The number of pyridine rings is 3. The molecular formula is C21H19ClCoN7O2+. The van der Waals surface area contributed by atoms with Crippen molar-refractivity contribution in [2.45, 2.75) is 13.8 Å². The zero-order chi connectivity index (χ0) is 23.3. The SMILES string of the molecule is CC(=N[N-]C(=[OH+])c1cccnc1)c1cccc(C(C)=N[N-]C(=[OH+])c2cccnc2)n1.[Cl][Co+]. The molecule has 0 aliphatic rings. The number of hydrogen-bond acceptors (Lipinski definition) is 5. The Labute approximate surface area is 197 Å². The Morgan fingerprint density at radius 1 is 0.781 bits per heavy atom. The summed E-state index contributed by atoms with van der Waals surface area (Å²) in [5.41, 5.74) is 10.7. The molecule has 32 heavy (non-hydrogen) atoms. The van der Waals surface area contributed by atoms with E-state index in [4.69, 9.17) is 0 Å². The summed E-state index contributed by atoms with van der Waals surface area (Å²) in [4.78, 5) is 32.3. The molecule has 0 saturated heterocycles. The summed E-state index contributed by atoms with van der Waals surface area (Å²) in [5, 5.41) is 8.07. The molecule has 2 amide bonds. The molecule has 3 rings (SSSR count). The van der Waals surface area contributed by atoms with Gasteiger partial charge in [0.1, 0.15) is 0 Å². The van der Waals surface area contributed by atoms with Gasteiger partial charge in [0.25, 0.3) is 11.8 Å². The molecule has 0 radical (unpaired) electrons. The fourth-order valence-electron chi connectivity index (χ4n) is 2.29. The van der Waals surface area contributed by atoms with Gasteiger partial charge in [0.2, 0.25) is 0 Å². The van der Waals surface area contributed by atoms with Crippen molar-refractivity contribution >= 4 is 33.4 Å². The van der Waals surface area contributed by atoms with Crippen molar-refractivity contribution < 1.29 is 24.4 Å². The van der Waals surface area contributed by atoms with Crippen molar-refractivity contribution in [1.82, 2.24) is 15.0 Å². The van der Waals surface area contributed by atoms with Crippen LogP contribution >= 0.6 is 10.1 Å². The third-order valence-electron chi connectivity index (χ3n) is 3.92.